The van der Waals surface area contributed by atoms with Crippen LogP contribution in [0.15, 0.2) is 24.3 Å². The van der Waals surface area contributed by atoms with Gasteiger partial charge in [-0.25, -0.2) is 0 Å². The zero-order valence-corrected chi connectivity index (χ0v) is 11.1. The highest BCUT2D eigenvalue weighted by molar-refractivity contribution is 5.53. The Morgan fingerprint density at radius 3 is 2.80 bits per heavy atom. The summed E-state index contributed by atoms with van der Waals surface area (Å²) in [6.07, 6.45) is -2.90. The molecule has 0 aliphatic carbocycles. The van der Waals surface area contributed by atoms with Crippen molar-refractivity contribution in [2.75, 3.05) is 31.7 Å². The van der Waals surface area contributed by atoms with E-state index in [0.29, 0.717) is 13.0 Å². The highest BCUT2D eigenvalue weighted by Crippen LogP contribution is 2.22. The molecule has 0 saturated heterocycles. The molecule has 6 heteroatoms. The average Bonchev–Trinajstić information content (AvgIpc) is 2.41. The summed E-state index contributed by atoms with van der Waals surface area (Å²) in [7, 11) is 0. The van der Waals surface area contributed by atoms with Crippen LogP contribution in [0.2, 0.25) is 0 Å². The Morgan fingerprint density at radius 2 is 2.00 bits per heavy atom. The molecule has 1 aliphatic heterocycles. The van der Waals surface area contributed by atoms with Gasteiger partial charge in [-0.3, -0.25) is 0 Å². The van der Waals surface area contributed by atoms with Crippen LogP contribution in [0.3, 0.4) is 0 Å². The molecule has 1 N–H and O–H groups in total. The molecule has 0 aromatic heterocycles. The van der Waals surface area contributed by atoms with Crippen LogP contribution in [-0.4, -0.2) is 38.6 Å². The number of anilines is 1. The van der Waals surface area contributed by atoms with Crippen molar-refractivity contribution in [2.45, 2.75) is 25.1 Å². The van der Waals surface area contributed by atoms with Gasteiger partial charge in [-0.2, -0.15) is 13.2 Å². The molecule has 0 saturated carbocycles. The molecule has 0 fully saturated rings. The van der Waals surface area contributed by atoms with Crippen LogP contribution in [0.1, 0.15) is 12.0 Å². The number of fused-ring (bicyclic) bond motifs is 1. The standard InChI is InChI=1S/C14H18F3NO2/c15-14(16,17)10-19-6-3-7-20-12-8-11-4-1-2-5-13(11)18-9-12/h1-2,4-5,12,18H,3,6-10H2. The van der Waals surface area contributed by atoms with Crippen molar-refractivity contribution < 1.29 is 22.6 Å². The lowest BCUT2D eigenvalue weighted by Crippen LogP contribution is -2.31. The van der Waals surface area contributed by atoms with Crippen molar-refractivity contribution >= 4 is 5.69 Å². The van der Waals surface area contributed by atoms with Crippen molar-refractivity contribution in [1.82, 2.24) is 0 Å². The first-order valence-electron chi connectivity index (χ1n) is 6.62. The lowest BCUT2D eigenvalue weighted by molar-refractivity contribution is -0.174. The minimum absolute atomic E-state index is 0.0625. The normalized spacial score (nSPS) is 18.4. The van der Waals surface area contributed by atoms with Gasteiger partial charge in [0.15, 0.2) is 0 Å². The Hall–Kier alpha value is -1.27. The van der Waals surface area contributed by atoms with Gasteiger partial charge in [-0.05, 0) is 18.1 Å². The maximum absolute atomic E-state index is 11.8. The third-order valence-corrected chi connectivity index (χ3v) is 3.04. The molecule has 0 radical (unpaired) electrons. The van der Waals surface area contributed by atoms with Crippen molar-refractivity contribution in [1.29, 1.82) is 0 Å². The first-order chi connectivity index (χ1) is 9.54. The Morgan fingerprint density at radius 1 is 1.20 bits per heavy atom. The number of hydrogen-bond acceptors (Lipinski definition) is 3. The maximum atomic E-state index is 11.8. The summed E-state index contributed by atoms with van der Waals surface area (Å²) in [6.45, 7) is 0.00833. The van der Waals surface area contributed by atoms with E-state index in [9.17, 15) is 13.2 Å². The summed E-state index contributed by atoms with van der Waals surface area (Å²) in [5, 5.41) is 3.28. The molecule has 3 nitrogen and oxygen atoms in total. The minimum atomic E-state index is -4.25. The van der Waals surface area contributed by atoms with E-state index in [1.165, 1.54) is 5.56 Å². The number of halogens is 3. The number of hydrogen-bond donors (Lipinski definition) is 1. The van der Waals surface area contributed by atoms with E-state index in [2.05, 4.69) is 10.1 Å². The SMILES string of the molecule is FC(F)(F)COCCCOC1CNc2ccccc2C1. The second-order valence-electron chi connectivity index (χ2n) is 4.76. The molecular weight excluding hydrogens is 271 g/mol. The molecule has 1 unspecified atom stereocenters. The molecule has 112 valence electrons. The largest absolute Gasteiger partial charge is 0.411 e. The van der Waals surface area contributed by atoms with Crippen LogP contribution in [0.25, 0.3) is 0 Å². The van der Waals surface area contributed by atoms with Gasteiger partial charge in [0.1, 0.15) is 6.61 Å². The average molecular weight is 289 g/mol. The van der Waals surface area contributed by atoms with Gasteiger partial charge >= 0.3 is 6.18 Å². The molecule has 1 heterocycles. The molecule has 2 rings (SSSR count). The predicted octanol–water partition coefficient (Wildman–Crippen LogP) is 3.01. The smallest absolute Gasteiger partial charge is 0.382 e. The highest BCUT2D eigenvalue weighted by Gasteiger charge is 2.27. The van der Waals surface area contributed by atoms with Crippen LogP contribution in [0.4, 0.5) is 18.9 Å². The van der Waals surface area contributed by atoms with Crippen molar-refractivity contribution in [3.8, 4) is 0 Å². The molecule has 1 aliphatic rings. The quantitative estimate of drug-likeness (QED) is 0.817. The van der Waals surface area contributed by atoms with E-state index in [4.69, 9.17) is 4.74 Å². The first-order valence-corrected chi connectivity index (χ1v) is 6.62. The monoisotopic (exact) mass is 289 g/mol. The topological polar surface area (TPSA) is 30.5 Å². The number of para-hydroxylation sites is 1. The third-order valence-electron chi connectivity index (χ3n) is 3.04. The Balaban J connectivity index is 1.60. The molecular formula is C14H18F3NO2. The van der Waals surface area contributed by atoms with E-state index in [1.54, 1.807) is 0 Å². The van der Waals surface area contributed by atoms with Gasteiger partial charge in [-0.1, -0.05) is 18.2 Å². The predicted molar refractivity (Wildman–Crippen MR) is 69.9 cm³/mol. The lowest BCUT2D eigenvalue weighted by Gasteiger charge is -2.26. The summed E-state index contributed by atoms with van der Waals surface area (Å²) < 4.78 is 45.7. The van der Waals surface area contributed by atoms with E-state index in [1.807, 2.05) is 24.3 Å². The zero-order valence-electron chi connectivity index (χ0n) is 11.1. The Kier molecular flexibility index (Phi) is 5.25. The summed E-state index contributed by atoms with van der Waals surface area (Å²) in [5.41, 5.74) is 2.33. The van der Waals surface area contributed by atoms with Crippen LogP contribution in [0, 0.1) is 0 Å². The van der Waals surface area contributed by atoms with Gasteiger partial charge in [0, 0.05) is 31.9 Å². The fourth-order valence-corrected chi connectivity index (χ4v) is 2.13. The Labute approximate surface area is 116 Å². The van der Waals surface area contributed by atoms with Crippen molar-refractivity contribution in [3.63, 3.8) is 0 Å². The van der Waals surface area contributed by atoms with E-state index in [-0.39, 0.29) is 12.7 Å². The second-order valence-corrected chi connectivity index (χ2v) is 4.76. The number of benzene rings is 1. The van der Waals surface area contributed by atoms with Crippen molar-refractivity contribution in [3.05, 3.63) is 29.8 Å². The molecule has 0 bridgehead atoms. The molecule has 1 atom stereocenters. The number of alkyl halides is 3. The van der Waals surface area contributed by atoms with E-state index in [0.717, 1.165) is 18.7 Å². The fraction of sp³-hybridized carbons (Fsp3) is 0.571. The first kappa shape index (κ1) is 15.1. The van der Waals surface area contributed by atoms with Crippen LogP contribution < -0.4 is 5.32 Å². The lowest BCUT2D eigenvalue weighted by atomic mass is 10.0. The second kappa shape index (κ2) is 6.95. The molecule has 1 aromatic rings. The maximum Gasteiger partial charge on any atom is 0.411 e. The van der Waals surface area contributed by atoms with Crippen LogP contribution >= 0.6 is 0 Å². The summed E-state index contributed by atoms with van der Waals surface area (Å²) in [4.78, 5) is 0. The minimum Gasteiger partial charge on any atom is -0.382 e. The van der Waals surface area contributed by atoms with Gasteiger partial charge < -0.3 is 14.8 Å². The van der Waals surface area contributed by atoms with Gasteiger partial charge in [0.25, 0.3) is 0 Å². The summed E-state index contributed by atoms with van der Waals surface area (Å²) in [6, 6.07) is 8.03. The van der Waals surface area contributed by atoms with Crippen LogP contribution in [0.5, 0.6) is 0 Å². The Bertz CT molecular complexity index is 423. The molecule has 0 amide bonds. The molecule has 0 spiro atoms. The van der Waals surface area contributed by atoms with Gasteiger partial charge in [0.2, 0.25) is 0 Å². The highest BCUT2D eigenvalue weighted by atomic mass is 19.4. The summed E-state index contributed by atoms with van der Waals surface area (Å²) in [5.74, 6) is 0. The number of rotatable bonds is 6. The molecule has 1 aromatic carbocycles. The van der Waals surface area contributed by atoms with E-state index >= 15 is 0 Å². The number of nitrogens with one attached hydrogen (secondary N) is 1. The van der Waals surface area contributed by atoms with E-state index < -0.39 is 12.8 Å². The van der Waals surface area contributed by atoms with Gasteiger partial charge in [0.05, 0.1) is 6.10 Å². The number of ether oxygens (including phenoxy) is 2. The van der Waals surface area contributed by atoms with Crippen molar-refractivity contribution in [2.24, 2.45) is 0 Å². The molecule has 20 heavy (non-hydrogen) atoms. The third kappa shape index (κ3) is 5.02. The fourth-order valence-electron chi connectivity index (χ4n) is 2.13. The van der Waals surface area contributed by atoms with Crippen LogP contribution in [-0.2, 0) is 15.9 Å². The van der Waals surface area contributed by atoms with Gasteiger partial charge in [-0.15, -0.1) is 0 Å². The zero-order chi connectivity index (χ0) is 14.4. The summed E-state index contributed by atoms with van der Waals surface area (Å²) >= 11 is 0.